The van der Waals surface area contributed by atoms with Gasteiger partial charge in [0.05, 0.1) is 18.3 Å². The highest BCUT2D eigenvalue weighted by molar-refractivity contribution is 9.12. The van der Waals surface area contributed by atoms with Crippen LogP contribution in [-0.2, 0) is 11.8 Å². The van der Waals surface area contributed by atoms with Gasteiger partial charge in [-0.1, -0.05) is 20.8 Å². The Balaban J connectivity index is 2.19. The lowest BCUT2D eigenvalue weighted by atomic mass is 9.93. The summed E-state index contributed by atoms with van der Waals surface area (Å²) in [7, 11) is 2.00. The molecule has 0 aliphatic carbocycles. The normalized spacial score (nSPS) is 13.7. The molecule has 2 heterocycles. The Bertz CT molecular complexity index is 584. The summed E-state index contributed by atoms with van der Waals surface area (Å²) in [4.78, 5) is 4.79. The second-order valence-corrected chi connectivity index (χ2v) is 10.4. The van der Waals surface area contributed by atoms with Gasteiger partial charge in [0.25, 0.3) is 0 Å². The maximum absolute atomic E-state index is 4.79. The molecule has 0 saturated heterocycles. The molecule has 0 aromatic carbocycles. The van der Waals surface area contributed by atoms with Gasteiger partial charge in [0.1, 0.15) is 0 Å². The molecule has 0 amide bonds. The van der Waals surface area contributed by atoms with Gasteiger partial charge in [-0.2, -0.15) is 0 Å². The second-order valence-electron chi connectivity index (χ2n) is 5.70. The topological polar surface area (TPSA) is 24.9 Å². The fourth-order valence-electron chi connectivity index (χ4n) is 1.88. The number of thiazole rings is 1. The van der Waals surface area contributed by atoms with E-state index in [1.54, 1.807) is 22.7 Å². The Morgan fingerprint density at radius 3 is 2.50 bits per heavy atom. The van der Waals surface area contributed by atoms with E-state index in [2.05, 4.69) is 69.4 Å². The Kier molecular flexibility index (Phi) is 5.46. The van der Waals surface area contributed by atoms with Crippen LogP contribution < -0.4 is 5.32 Å². The van der Waals surface area contributed by atoms with Crippen molar-refractivity contribution in [1.82, 2.24) is 10.3 Å². The van der Waals surface area contributed by atoms with Crippen molar-refractivity contribution in [2.45, 2.75) is 38.6 Å². The fraction of sp³-hybridized carbons (Fsp3) is 0.500. The number of hydrogen-bond donors (Lipinski definition) is 1. The molecule has 1 N–H and O–H groups in total. The summed E-state index contributed by atoms with van der Waals surface area (Å²) in [5, 5.41) is 6.76. The van der Waals surface area contributed by atoms with Crippen molar-refractivity contribution in [2.24, 2.45) is 0 Å². The summed E-state index contributed by atoms with van der Waals surface area (Å²) >= 11 is 10.6. The quantitative estimate of drug-likeness (QED) is 0.679. The maximum atomic E-state index is 4.79. The van der Waals surface area contributed by atoms with E-state index in [9.17, 15) is 0 Å². The molecule has 0 saturated carbocycles. The number of hydrogen-bond acceptors (Lipinski definition) is 4. The second kappa shape index (κ2) is 6.57. The molecule has 2 nitrogen and oxygen atoms in total. The first-order chi connectivity index (χ1) is 9.31. The van der Waals surface area contributed by atoms with Gasteiger partial charge < -0.3 is 5.32 Å². The zero-order valence-electron chi connectivity index (χ0n) is 12.0. The third-order valence-corrected chi connectivity index (χ3v) is 6.36. The predicted molar refractivity (Wildman–Crippen MR) is 96.0 cm³/mol. The first kappa shape index (κ1) is 16.6. The van der Waals surface area contributed by atoms with Gasteiger partial charge in [0.2, 0.25) is 0 Å². The Labute approximate surface area is 145 Å². The third kappa shape index (κ3) is 3.91. The van der Waals surface area contributed by atoms with Gasteiger partial charge in [0, 0.05) is 23.3 Å². The average molecular weight is 438 g/mol. The Morgan fingerprint density at radius 2 is 2.05 bits per heavy atom. The smallest absolute Gasteiger partial charge is 0.0947 e. The van der Waals surface area contributed by atoms with E-state index in [1.807, 2.05) is 7.05 Å². The van der Waals surface area contributed by atoms with Gasteiger partial charge in [0.15, 0.2) is 0 Å². The standard InChI is InChI=1S/C14H18Br2N2S2/c1-14(2,3)10-7-19-12(18-10)6-9(17-4)8-5-11(15)20-13(8)16/h5,7,9,17H,6H2,1-4H3. The summed E-state index contributed by atoms with van der Waals surface area (Å²) in [5.41, 5.74) is 2.59. The molecule has 0 fully saturated rings. The molecular formula is C14H18Br2N2S2. The van der Waals surface area contributed by atoms with Crippen LogP contribution in [0.3, 0.4) is 0 Å². The van der Waals surface area contributed by atoms with Crippen LogP contribution >= 0.6 is 54.5 Å². The highest BCUT2D eigenvalue weighted by Gasteiger charge is 2.21. The third-order valence-electron chi connectivity index (χ3n) is 3.11. The molecule has 2 rings (SSSR count). The molecule has 110 valence electrons. The summed E-state index contributed by atoms with van der Waals surface area (Å²) < 4.78 is 2.32. The van der Waals surface area contributed by atoms with Gasteiger partial charge in [-0.25, -0.2) is 4.98 Å². The summed E-state index contributed by atoms with van der Waals surface area (Å²) in [5.74, 6) is 0. The van der Waals surface area contributed by atoms with Crippen LogP contribution in [0.1, 0.15) is 43.1 Å². The van der Waals surface area contributed by atoms with Gasteiger partial charge in [-0.15, -0.1) is 22.7 Å². The van der Waals surface area contributed by atoms with Crippen molar-refractivity contribution in [3.63, 3.8) is 0 Å². The van der Waals surface area contributed by atoms with E-state index in [4.69, 9.17) is 4.98 Å². The van der Waals surface area contributed by atoms with Crippen molar-refractivity contribution in [1.29, 1.82) is 0 Å². The summed E-state index contributed by atoms with van der Waals surface area (Å²) in [6.07, 6.45) is 0.916. The Hall–Kier alpha value is 0.250. The van der Waals surface area contributed by atoms with E-state index in [-0.39, 0.29) is 11.5 Å². The number of thiophene rings is 1. The van der Waals surface area contributed by atoms with E-state index in [1.165, 1.54) is 20.1 Å². The molecule has 2 aromatic rings. The number of nitrogens with zero attached hydrogens (tertiary/aromatic N) is 1. The zero-order chi connectivity index (χ0) is 14.9. The van der Waals surface area contributed by atoms with E-state index in [0.29, 0.717) is 0 Å². The first-order valence-electron chi connectivity index (χ1n) is 6.38. The molecule has 1 unspecified atom stereocenters. The lowest BCUT2D eigenvalue weighted by molar-refractivity contribution is 0.560. The lowest BCUT2D eigenvalue weighted by Gasteiger charge is -2.16. The van der Waals surface area contributed by atoms with Crippen LogP contribution in [0.15, 0.2) is 19.0 Å². The fourth-order valence-corrected chi connectivity index (χ4v) is 5.92. The number of nitrogens with one attached hydrogen (secondary N) is 1. The minimum Gasteiger partial charge on any atom is -0.313 e. The molecule has 1 atom stereocenters. The average Bonchev–Trinajstić information content (AvgIpc) is 2.92. The highest BCUT2D eigenvalue weighted by Crippen LogP contribution is 2.37. The van der Waals surface area contributed by atoms with E-state index in [0.717, 1.165) is 10.2 Å². The van der Waals surface area contributed by atoms with E-state index < -0.39 is 0 Å². The van der Waals surface area contributed by atoms with Crippen molar-refractivity contribution >= 4 is 54.5 Å². The van der Waals surface area contributed by atoms with Crippen molar-refractivity contribution < 1.29 is 0 Å². The molecule has 0 bridgehead atoms. The Morgan fingerprint density at radius 1 is 1.35 bits per heavy atom. The number of aromatic nitrogens is 1. The minimum atomic E-state index is 0.121. The van der Waals surface area contributed by atoms with Crippen molar-refractivity contribution in [2.75, 3.05) is 7.05 Å². The molecule has 2 aromatic heterocycles. The van der Waals surface area contributed by atoms with Crippen LogP contribution in [0, 0.1) is 0 Å². The van der Waals surface area contributed by atoms with Gasteiger partial charge >= 0.3 is 0 Å². The molecule has 20 heavy (non-hydrogen) atoms. The molecule has 0 radical (unpaired) electrons. The van der Waals surface area contributed by atoms with Crippen LogP contribution in [0.4, 0.5) is 0 Å². The van der Waals surface area contributed by atoms with Crippen molar-refractivity contribution in [3.8, 4) is 0 Å². The highest BCUT2D eigenvalue weighted by atomic mass is 79.9. The van der Waals surface area contributed by atoms with Crippen molar-refractivity contribution in [3.05, 3.63) is 35.3 Å². The summed E-state index contributed by atoms with van der Waals surface area (Å²) in [6, 6.07) is 2.46. The molecule has 0 spiro atoms. The largest absolute Gasteiger partial charge is 0.313 e. The lowest BCUT2D eigenvalue weighted by Crippen LogP contribution is -2.19. The minimum absolute atomic E-state index is 0.121. The predicted octanol–water partition coefficient (Wildman–Crippen LogP) is 5.53. The van der Waals surface area contributed by atoms with Gasteiger partial charge in [-0.3, -0.25) is 0 Å². The summed E-state index contributed by atoms with van der Waals surface area (Å²) in [6.45, 7) is 6.61. The molecule has 0 aliphatic heterocycles. The van der Waals surface area contributed by atoms with Crippen LogP contribution in [0.5, 0.6) is 0 Å². The van der Waals surface area contributed by atoms with Crippen LogP contribution in [0.25, 0.3) is 0 Å². The molecular weight excluding hydrogens is 420 g/mol. The maximum Gasteiger partial charge on any atom is 0.0947 e. The first-order valence-corrected chi connectivity index (χ1v) is 9.66. The SMILES string of the molecule is CNC(Cc1nc(C(C)(C)C)cs1)c1cc(Br)sc1Br. The molecule has 0 aliphatic rings. The van der Waals surface area contributed by atoms with Gasteiger partial charge in [-0.05, 0) is 50.5 Å². The number of likely N-dealkylation sites (N-methyl/N-ethyl adjacent to an activating group) is 1. The van der Waals surface area contributed by atoms with E-state index >= 15 is 0 Å². The number of rotatable bonds is 4. The molecule has 6 heteroatoms. The zero-order valence-corrected chi connectivity index (χ0v) is 16.8. The monoisotopic (exact) mass is 436 g/mol. The number of halogens is 2. The van der Waals surface area contributed by atoms with Crippen LogP contribution in [0.2, 0.25) is 0 Å². The van der Waals surface area contributed by atoms with Crippen LogP contribution in [-0.4, -0.2) is 12.0 Å².